The number of hydrogen-bond acceptors (Lipinski definition) is 4. The van der Waals surface area contributed by atoms with Crippen molar-refractivity contribution in [2.45, 2.75) is 24.7 Å². The fourth-order valence-corrected chi connectivity index (χ4v) is 4.94. The maximum absolute atomic E-state index is 13.7. The molecule has 1 heterocycles. The monoisotopic (exact) mass is 406 g/mol. The molecule has 0 unspecified atom stereocenters. The summed E-state index contributed by atoms with van der Waals surface area (Å²) in [5, 5.41) is 2.84. The molecule has 0 spiro atoms. The van der Waals surface area contributed by atoms with E-state index in [9.17, 15) is 17.6 Å². The van der Waals surface area contributed by atoms with Gasteiger partial charge in [0.05, 0.1) is 13.0 Å². The van der Waals surface area contributed by atoms with Crippen LogP contribution >= 0.6 is 0 Å². The van der Waals surface area contributed by atoms with Crippen LogP contribution in [0.4, 0.5) is 10.1 Å². The maximum atomic E-state index is 13.7. The Morgan fingerprint density at radius 2 is 1.93 bits per heavy atom. The summed E-state index contributed by atoms with van der Waals surface area (Å²) >= 11 is 0. The molecular formula is C20H23FN2O4S. The molecular weight excluding hydrogens is 383 g/mol. The Labute approximate surface area is 164 Å². The summed E-state index contributed by atoms with van der Waals surface area (Å²) in [5.74, 6) is -1.29. The van der Waals surface area contributed by atoms with Crippen LogP contribution in [0.2, 0.25) is 0 Å². The van der Waals surface area contributed by atoms with Gasteiger partial charge in [0.1, 0.15) is 16.5 Å². The smallest absolute Gasteiger partial charge is 0.246 e. The second-order valence-corrected chi connectivity index (χ2v) is 8.76. The first-order chi connectivity index (χ1) is 13.3. The minimum absolute atomic E-state index is 0.0414. The topological polar surface area (TPSA) is 75.7 Å². The lowest BCUT2D eigenvalue weighted by atomic mass is 9.98. The summed E-state index contributed by atoms with van der Waals surface area (Å²) in [6.07, 6.45) is 1.13. The molecule has 1 atom stereocenters. The van der Waals surface area contributed by atoms with Crippen LogP contribution < -0.4 is 10.1 Å². The molecule has 0 saturated carbocycles. The first-order valence-corrected chi connectivity index (χ1v) is 10.5. The minimum Gasteiger partial charge on any atom is -0.495 e. The van der Waals surface area contributed by atoms with Crippen LogP contribution in [0.25, 0.3) is 0 Å². The van der Waals surface area contributed by atoms with E-state index in [2.05, 4.69) is 5.32 Å². The number of benzene rings is 2. The molecule has 1 aliphatic rings. The highest BCUT2D eigenvalue weighted by Crippen LogP contribution is 2.30. The van der Waals surface area contributed by atoms with Gasteiger partial charge in [-0.1, -0.05) is 17.7 Å². The number of halogens is 1. The number of sulfonamides is 1. The number of ether oxygens (including phenoxy) is 1. The van der Waals surface area contributed by atoms with Crippen molar-refractivity contribution in [1.82, 2.24) is 4.31 Å². The van der Waals surface area contributed by atoms with E-state index < -0.39 is 21.8 Å². The van der Waals surface area contributed by atoms with Crippen molar-refractivity contribution in [3.63, 3.8) is 0 Å². The third-order valence-electron chi connectivity index (χ3n) is 4.82. The second kappa shape index (κ2) is 8.28. The van der Waals surface area contributed by atoms with Crippen LogP contribution in [-0.2, 0) is 14.8 Å². The number of amides is 1. The number of carbonyl (C=O) groups is 1. The Morgan fingerprint density at radius 1 is 1.21 bits per heavy atom. The molecule has 6 nitrogen and oxygen atoms in total. The van der Waals surface area contributed by atoms with Crippen molar-refractivity contribution < 1.29 is 22.3 Å². The minimum atomic E-state index is -3.98. The van der Waals surface area contributed by atoms with E-state index in [1.807, 2.05) is 31.2 Å². The average molecular weight is 406 g/mol. The number of aryl methyl sites for hydroxylation is 1. The zero-order valence-electron chi connectivity index (χ0n) is 15.8. The predicted octanol–water partition coefficient (Wildman–Crippen LogP) is 3.18. The van der Waals surface area contributed by atoms with Crippen LogP contribution in [0.5, 0.6) is 5.75 Å². The fraction of sp³-hybridized carbons (Fsp3) is 0.350. The molecule has 1 fully saturated rings. The lowest BCUT2D eigenvalue weighted by molar-refractivity contribution is -0.120. The molecule has 1 aliphatic heterocycles. The molecule has 1 amide bonds. The zero-order chi connectivity index (χ0) is 20.3. The van der Waals surface area contributed by atoms with Gasteiger partial charge < -0.3 is 10.1 Å². The fourth-order valence-electron chi connectivity index (χ4n) is 3.25. The molecule has 0 bridgehead atoms. The van der Waals surface area contributed by atoms with Gasteiger partial charge in [0, 0.05) is 18.8 Å². The summed E-state index contributed by atoms with van der Waals surface area (Å²) in [6.45, 7) is 2.27. The van der Waals surface area contributed by atoms with E-state index in [1.54, 1.807) is 0 Å². The molecule has 28 heavy (non-hydrogen) atoms. The van der Waals surface area contributed by atoms with Gasteiger partial charge in [0.2, 0.25) is 15.9 Å². The standard InChI is InChI=1S/C20H23FN2O4S/c1-14-5-8-17(9-6-14)22-20(24)15-4-3-11-23(13-15)28(25,26)19-12-16(21)7-10-18(19)27-2/h5-10,12,15H,3-4,11,13H2,1-2H3,(H,22,24)/t15-/m1/s1. The van der Waals surface area contributed by atoms with E-state index in [4.69, 9.17) is 4.74 Å². The van der Waals surface area contributed by atoms with E-state index in [-0.39, 0.29) is 29.6 Å². The first kappa shape index (κ1) is 20.3. The van der Waals surface area contributed by atoms with Gasteiger partial charge in [-0.2, -0.15) is 4.31 Å². The molecule has 0 aromatic heterocycles. The third-order valence-corrected chi connectivity index (χ3v) is 6.70. The Hall–Kier alpha value is -2.45. The van der Waals surface area contributed by atoms with Gasteiger partial charge in [0.15, 0.2) is 0 Å². The van der Waals surface area contributed by atoms with Crippen molar-refractivity contribution in [3.8, 4) is 5.75 Å². The van der Waals surface area contributed by atoms with Gasteiger partial charge in [-0.3, -0.25) is 4.79 Å². The van der Waals surface area contributed by atoms with Gasteiger partial charge in [-0.25, -0.2) is 12.8 Å². The number of nitrogens with zero attached hydrogens (tertiary/aromatic N) is 1. The highest BCUT2D eigenvalue weighted by molar-refractivity contribution is 7.89. The molecule has 3 rings (SSSR count). The van der Waals surface area contributed by atoms with E-state index in [0.29, 0.717) is 18.5 Å². The van der Waals surface area contributed by atoms with Crippen LogP contribution in [0.15, 0.2) is 47.4 Å². The molecule has 2 aromatic rings. The Balaban J connectivity index is 1.78. The summed E-state index contributed by atoms with van der Waals surface area (Å²) in [4.78, 5) is 12.4. The largest absolute Gasteiger partial charge is 0.495 e. The number of nitrogens with one attached hydrogen (secondary N) is 1. The van der Waals surface area contributed by atoms with Crippen LogP contribution in [0.3, 0.4) is 0 Å². The SMILES string of the molecule is COc1ccc(F)cc1S(=O)(=O)N1CCC[C@@H](C(=O)Nc2ccc(C)cc2)C1. The average Bonchev–Trinajstić information content (AvgIpc) is 2.69. The Bertz CT molecular complexity index is 961. The summed E-state index contributed by atoms with van der Waals surface area (Å²) in [5.41, 5.74) is 1.75. The molecule has 8 heteroatoms. The quantitative estimate of drug-likeness (QED) is 0.828. The molecule has 0 radical (unpaired) electrons. The summed E-state index contributed by atoms with van der Waals surface area (Å²) in [6, 6.07) is 10.8. The second-order valence-electron chi connectivity index (χ2n) is 6.85. The van der Waals surface area contributed by atoms with Crippen molar-refractivity contribution >= 4 is 21.6 Å². The molecule has 1 saturated heterocycles. The highest BCUT2D eigenvalue weighted by atomic mass is 32.2. The molecule has 2 aromatic carbocycles. The van der Waals surface area contributed by atoms with E-state index >= 15 is 0 Å². The lowest BCUT2D eigenvalue weighted by Crippen LogP contribution is -2.43. The zero-order valence-corrected chi connectivity index (χ0v) is 16.6. The number of piperidine rings is 1. The van der Waals surface area contributed by atoms with E-state index in [1.165, 1.54) is 17.5 Å². The lowest BCUT2D eigenvalue weighted by Gasteiger charge is -2.31. The van der Waals surface area contributed by atoms with Crippen molar-refractivity contribution in [2.75, 3.05) is 25.5 Å². The Kier molecular flexibility index (Phi) is 6.00. The number of carbonyl (C=O) groups excluding carboxylic acids is 1. The first-order valence-electron chi connectivity index (χ1n) is 9.02. The third kappa shape index (κ3) is 4.34. The van der Waals surface area contributed by atoms with Gasteiger partial charge in [-0.15, -0.1) is 0 Å². The predicted molar refractivity (Wildman–Crippen MR) is 104 cm³/mol. The van der Waals surface area contributed by atoms with Crippen LogP contribution in [-0.4, -0.2) is 38.8 Å². The number of methoxy groups -OCH3 is 1. The molecule has 1 N–H and O–H groups in total. The molecule has 0 aliphatic carbocycles. The summed E-state index contributed by atoms with van der Waals surface area (Å²) in [7, 11) is -2.65. The normalized spacial score (nSPS) is 17.9. The van der Waals surface area contributed by atoms with E-state index in [0.717, 1.165) is 17.7 Å². The van der Waals surface area contributed by atoms with Crippen molar-refractivity contribution in [1.29, 1.82) is 0 Å². The van der Waals surface area contributed by atoms with Gasteiger partial charge >= 0.3 is 0 Å². The highest BCUT2D eigenvalue weighted by Gasteiger charge is 2.35. The van der Waals surface area contributed by atoms with Crippen molar-refractivity contribution in [3.05, 3.63) is 53.8 Å². The maximum Gasteiger partial charge on any atom is 0.246 e. The summed E-state index contributed by atoms with van der Waals surface area (Å²) < 4.78 is 46.0. The number of rotatable bonds is 5. The van der Waals surface area contributed by atoms with Crippen LogP contribution in [0.1, 0.15) is 18.4 Å². The number of anilines is 1. The van der Waals surface area contributed by atoms with Crippen molar-refractivity contribution in [2.24, 2.45) is 5.92 Å². The Morgan fingerprint density at radius 3 is 2.61 bits per heavy atom. The number of hydrogen-bond donors (Lipinski definition) is 1. The van der Waals surface area contributed by atoms with Gasteiger partial charge in [-0.05, 0) is 50.1 Å². The van der Waals surface area contributed by atoms with Gasteiger partial charge in [0.25, 0.3) is 0 Å². The van der Waals surface area contributed by atoms with Crippen LogP contribution in [0, 0.1) is 18.7 Å². The molecule has 150 valence electrons.